The van der Waals surface area contributed by atoms with Gasteiger partial charge in [-0.05, 0) is 117 Å². The van der Waals surface area contributed by atoms with E-state index in [0.717, 1.165) is 128 Å². The number of hydrogen-bond donors (Lipinski definition) is 0. The van der Waals surface area contributed by atoms with Crippen LogP contribution in [0.4, 0.5) is 0 Å². The van der Waals surface area contributed by atoms with Crippen LogP contribution in [0.5, 0.6) is 46.6 Å². The van der Waals surface area contributed by atoms with E-state index in [-0.39, 0.29) is 29.4 Å². The van der Waals surface area contributed by atoms with Gasteiger partial charge in [-0.2, -0.15) is 50.4 Å². The maximum atomic E-state index is 10.6. The molecule has 0 aliphatic rings. The Morgan fingerprint density at radius 2 is 0.488 bits per heavy atom. The van der Waals surface area contributed by atoms with Gasteiger partial charge in [0.2, 0.25) is 55.1 Å². The average Bonchev–Trinajstić information content (AvgIpc) is 1.64. The zero-order valence-electron chi connectivity index (χ0n) is 66.8. The SMILES string of the molecule is COc1ccc(-c2nn(-c3nc(OC=O)cs3)c3ccccc23)cc1.Cc1ccc(-c2nn(-c3nc(OC=O)cs3)c3ccccc23)cc1.Cc1ccc(-c2nn(-c3nc(OC=O)cs3)c3ccccc23)cc1.O=COc1csc(-n2nc(-c3ccc(Cl)cc3)c3ccccc32)n1.O=COc1csc(-n2nc(-c3ccc(Oc4ccccc4)cc3)c3ccccc32)n1. The van der Waals surface area contributed by atoms with Gasteiger partial charge in [0.25, 0.3) is 32.4 Å². The van der Waals surface area contributed by atoms with Crippen LogP contribution in [0.25, 0.3) is 136 Å². The zero-order chi connectivity index (χ0) is 87.1. The van der Waals surface area contributed by atoms with Crippen LogP contribution in [0.1, 0.15) is 11.1 Å². The molecule has 0 N–H and O–H groups in total. The maximum Gasteiger partial charge on any atom is 0.299 e. The maximum absolute atomic E-state index is 10.6. The molecule has 33 heteroatoms. The lowest BCUT2D eigenvalue weighted by Crippen LogP contribution is -1.96. The van der Waals surface area contributed by atoms with Crippen molar-refractivity contribution < 1.29 is 57.1 Å². The van der Waals surface area contributed by atoms with Gasteiger partial charge in [-0.1, -0.05) is 249 Å². The number of carbonyl (C=O) groups is 5. The molecule has 127 heavy (non-hydrogen) atoms. The number of carbonyl (C=O) groups excluding carboxylic acids is 5. The molecule has 0 amide bonds. The number of aryl methyl sites for hydroxylation is 2. The highest BCUT2D eigenvalue weighted by Gasteiger charge is 2.23. The second-order valence-electron chi connectivity index (χ2n) is 27.2. The number of fused-ring (bicyclic) bond motifs is 5. The Morgan fingerprint density at radius 1 is 0.268 bits per heavy atom. The second-order valence-corrected chi connectivity index (χ2v) is 31.8. The van der Waals surface area contributed by atoms with Crippen LogP contribution < -0.4 is 33.2 Å². The van der Waals surface area contributed by atoms with Gasteiger partial charge in [-0.3, -0.25) is 24.0 Å². The molecule has 10 heterocycles. The van der Waals surface area contributed by atoms with Crippen molar-refractivity contribution in [2.24, 2.45) is 0 Å². The number of ether oxygens (including phenoxy) is 7. The molecular formula is C94H64ClN15O12S5. The van der Waals surface area contributed by atoms with E-state index in [2.05, 4.69) is 87.3 Å². The molecule has 10 aromatic heterocycles. The van der Waals surface area contributed by atoms with E-state index in [9.17, 15) is 24.0 Å². The average molecular weight is 1790 g/mol. The minimum atomic E-state index is 0.258. The first-order valence-corrected chi connectivity index (χ1v) is 43.3. The Labute approximate surface area is 746 Å². The summed E-state index contributed by atoms with van der Waals surface area (Å²) in [6, 6.07) is 89.1. The van der Waals surface area contributed by atoms with Gasteiger partial charge >= 0.3 is 0 Å². The molecule has 0 saturated heterocycles. The number of halogens is 1. The molecule has 0 atom stereocenters. The Hall–Kier alpha value is -15.8. The van der Waals surface area contributed by atoms with Crippen molar-refractivity contribution in [2.75, 3.05) is 7.11 Å². The fraction of sp³-hybridized carbons (Fsp3) is 0.0319. The summed E-state index contributed by atoms with van der Waals surface area (Å²) in [5.74, 6) is 3.68. The van der Waals surface area contributed by atoms with Crippen LogP contribution in [0.15, 0.2) is 300 Å². The van der Waals surface area contributed by atoms with Gasteiger partial charge in [0.05, 0.1) is 61.6 Å². The van der Waals surface area contributed by atoms with Crippen molar-refractivity contribution in [1.29, 1.82) is 0 Å². The Morgan fingerprint density at radius 3 is 0.740 bits per heavy atom. The van der Waals surface area contributed by atoms with Gasteiger partial charge in [-0.25, -0.2) is 23.4 Å². The van der Waals surface area contributed by atoms with Crippen LogP contribution in [0.3, 0.4) is 0 Å². The van der Waals surface area contributed by atoms with E-state index in [1.54, 1.807) is 57.4 Å². The third-order valence-corrected chi connectivity index (χ3v) is 23.5. The number of rotatable bonds is 23. The number of aromatic nitrogens is 15. The Kier molecular flexibility index (Phi) is 25.4. The number of benzene rings is 11. The molecule has 0 unspecified atom stereocenters. The molecule has 0 spiro atoms. The fourth-order valence-electron chi connectivity index (χ4n) is 13.5. The van der Waals surface area contributed by atoms with Crippen LogP contribution >= 0.6 is 68.3 Å². The Balaban J connectivity index is 0.000000112. The highest BCUT2D eigenvalue weighted by molar-refractivity contribution is 7.13. The van der Waals surface area contributed by atoms with Crippen molar-refractivity contribution in [3.8, 4) is 129 Å². The Bertz CT molecular complexity index is 7050. The molecule has 0 bridgehead atoms. The number of hydrogen-bond acceptors (Lipinski definition) is 27. The lowest BCUT2D eigenvalue weighted by Gasteiger charge is -2.06. The van der Waals surface area contributed by atoms with Gasteiger partial charge < -0.3 is 33.2 Å². The van der Waals surface area contributed by atoms with Crippen LogP contribution in [0, 0.1) is 13.8 Å². The molecule has 21 aromatic rings. The normalized spacial score (nSPS) is 10.8. The molecule has 21 rings (SSSR count). The number of thiazole rings is 5. The summed E-state index contributed by atoms with van der Waals surface area (Å²) >= 11 is 12.8. The number of para-hydroxylation sites is 6. The third-order valence-electron chi connectivity index (χ3n) is 19.3. The van der Waals surface area contributed by atoms with Crippen LogP contribution in [-0.4, -0.2) is 113 Å². The fourth-order valence-corrected chi connectivity index (χ4v) is 17.1. The first kappa shape index (κ1) is 83.4. The first-order valence-electron chi connectivity index (χ1n) is 38.5. The third kappa shape index (κ3) is 18.6. The minimum absolute atomic E-state index is 0.258. The molecule has 0 radical (unpaired) electrons. The van der Waals surface area contributed by atoms with Crippen LogP contribution in [-0.2, 0) is 24.0 Å². The van der Waals surface area contributed by atoms with E-state index in [1.165, 1.54) is 67.8 Å². The largest absolute Gasteiger partial charge is 0.497 e. The number of nitrogens with zero attached hydrogens (tertiary/aromatic N) is 15. The van der Waals surface area contributed by atoms with Crippen molar-refractivity contribution in [2.45, 2.75) is 13.8 Å². The van der Waals surface area contributed by atoms with Gasteiger partial charge in [-0.15, -0.1) is 0 Å². The molecule has 27 nitrogen and oxygen atoms in total. The summed E-state index contributed by atoms with van der Waals surface area (Å²) < 4.78 is 44.0. The predicted molar refractivity (Wildman–Crippen MR) is 492 cm³/mol. The second kappa shape index (κ2) is 38.7. The molecule has 624 valence electrons. The smallest absolute Gasteiger partial charge is 0.299 e. The van der Waals surface area contributed by atoms with E-state index < -0.39 is 0 Å². The van der Waals surface area contributed by atoms with Crippen molar-refractivity contribution in [3.05, 3.63) is 316 Å². The van der Waals surface area contributed by atoms with E-state index in [0.29, 0.717) is 63.0 Å². The van der Waals surface area contributed by atoms with E-state index in [1.807, 2.05) is 224 Å². The lowest BCUT2D eigenvalue weighted by molar-refractivity contribution is -0.121. The first-order chi connectivity index (χ1) is 62.4. The summed E-state index contributed by atoms with van der Waals surface area (Å²) in [6.45, 7) is 5.96. The van der Waals surface area contributed by atoms with E-state index >= 15 is 0 Å². The van der Waals surface area contributed by atoms with Gasteiger partial charge in [0, 0.05) is 59.8 Å². The lowest BCUT2D eigenvalue weighted by atomic mass is 10.1. The standard InChI is InChI=1S/C23H15N3O3S.C18H13N3O3S.2C18H13N3O2S.C17H10ClN3O2S/c27-15-28-21-14-30-23(24-21)26-20-9-5-4-8-19(20)22(25-26)16-10-12-18(13-11-16)29-17-6-2-1-3-7-17;1-23-13-8-6-12(7-9-13)17-14-4-2-3-5-15(14)21(20-17)18-19-16(10-25-18)24-11-22;2*1-12-6-8-13(9-7-12)17-14-4-2-3-5-15(14)21(20-17)18-19-16(10-24-18)23-11-22;18-12-7-5-11(6-8-12)16-13-3-1-2-4-14(13)21(20-16)17-19-15(9-24-17)23-10-22/h1-15H;2-11H,1H3;2*2-11H,1H3;1-10H. The van der Waals surface area contributed by atoms with Crippen LogP contribution in [0.2, 0.25) is 5.02 Å². The van der Waals surface area contributed by atoms with Crippen molar-refractivity contribution >= 4 is 155 Å². The monoisotopic (exact) mass is 1790 g/mol. The molecule has 0 fully saturated rings. The minimum Gasteiger partial charge on any atom is -0.497 e. The highest BCUT2D eigenvalue weighted by atomic mass is 35.5. The molecule has 0 aliphatic heterocycles. The molecule has 11 aromatic carbocycles. The predicted octanol–water partition coefficient (Wildman–Crippen LogP) is 21.5. The zero-order valence-corrected chi connectivity index (χ0v) is 71.6. The van der Waals surface area contributed by atoms with Gasteiger partial charge in [0.15, 0.2) is 0 Å². The van der Waals surface area contributed by atoms with Crippen molar-refractivity contribution in [1.82, 2.24) is 73.8 Å². The summed E-state index contributed by atoms with van der Waals surface area (Å²) in [4.78, 5) is 74.0. The molecule has 0 saturated carbocycles. The number of methoxy groups -OCH3 is 1. The quantitative estimate of drug-likeness (QED) is 0.0537. The summed E-state index contributed by atoms with van der Waals surface area (Å²) in [6.07, 6.45) is 0. The van der Waals surface area contributed by atoms with Gasteiger partial charge in [0.1, 0.15) is 45.7 Å². The van der Waals surface area contributed by atoms with E-state index in [4.69, 9.17) is 70.3 Å². The highest BCUT2D eigenvalue weighted by Crippen LogP contribution is 2.39. The molecule has 0 aliphatic carbocycles. The molecular weight excluding hydrogens is 1730 g/mol. The summed E-state index contributed by atoms with van der Waals surface area (Å²) in [5.41, 5.74) is 16.5. The topological polar surface area (TPSA) is 304 Å². The summed E-state index contributed by atoms with van der Waals surface area (Å²) in [5, 5.41) is 41.1. The van der Waals surface area contributed by atoms with Crippen molar-refractivity contribution in [3.63, 3.8) is 0 Å². The summed E-state index contributed by atoms with van der Waals surface area (Å²) in [7, 11) is 1.64.